The zero-order valence-corrected chi connectivity index (χ0v) is 18.1. The monoisotopic (exact) mass is 481 g/mol. The molecule has 2 amide bonds. The van der Waals surface area contributed by atoms with Gasteiger partial charge in [0.2, 0.25) is 5.91 Å². The Bertz CT molecular complexity index is 892. The first kappa shape index (κ1) is 25.1. The number of carbonyl (C=O) groups is 2. The van der Waals surface area contributed by atoms with Crippen LogP contribution in [-0.4, -0.2) is 61.2 Å². The van der Waals surface area contributed by atoms with Crippen molar-refractivity contribution in [1.29, 1.82) is 0 Å². The third kappa shape index (κ3) is 6.10. The van der Waals surface area contributed by atoms with Crippen molar-refractivity contribution in [3.63, 3.8) is 0 Å². The van der Waals surface area contributed by atoms with Gasteiger partial charge in [0.25, 0.3) is 5.91 Å². The van der Waals surface area contributed by atoms with Gasteiger partial charge in [0.15, 0.2) is 0 Å². The molecular weight excluding hydrogens is 456 g/mol. The van der Waals surface area contributed by atoms with Crippen molar-refractivity contribution in [2.45, 2.75) is 45.0 Å². The van der Waals surface area contributed by atoms with Gasteiger partial charge in [-0.15, -0.1) is 0 Å². The first-order valence-electron chi connectivity index (χ1n) is 10.3. The van der Waals surface area contributed by atoms with Crippen molar-refractivity contribution >= 4 is 11.8 Å². The summed E-state index contributed by atoms with van der Waals surface area (Å²) in [5.41, 5.74) is -2.46. The zero-order valence-electron chi connectivity index (χ0n) is 18.1. The van der Waals surface area contributed by atoms with E-state index in [1.165, 1.54) is 0 Å². The molecule has 1 aliphatic heterocycles. The number of ether oxygens (including phenoxy) is 1. The van der Waals surface area contributed by atoms with Gasteiger partial charge in [0.05, 0.1) is 6.54 Å². The standard InChI is InChI=1S/C21H25F6N3O3/c1-19(2,21(25,26)27)29-16(31)9-30-10-20(11-30)6-12(7-20)8-28-17(32)13-3-14(22)5-15(4-13)33-18(23)24/h3-5,12,18H,6-11H2,1-2H3,(H,28,32)(H,29,31). The highest BCUT2D eigenvalue weighted by Gasteiger charge is 2.53. The minimum absolute atomic E-state index is 0.0215. The number of benzene rings is 1. The maximum Gasteiger partial charge on any atom is 0.410 e. The topological polar surface area (TPSA) is 70.7 Å². The number of carbonyl (C=O) groups excluding carboxylic acids is 2. The number of alkyl halides is 5. The van der Waals surface area contributed by atoms with Crippen molar-refractivity contribution in [3.05, 3.63) is 29.6 Å². The molecule has 1 aromatic carbocycles. The van der Waals surface area contributed by atoms with Gasteiger partial charge >= 0.3 is 12.8 Å². The molecule has 1 spiro atoms. The van der Waals surface area contributed by atoms with Crippen LogP contribution < -0.4 is 15.4 Å². The molecule has 0 aromatic heterocycles. The predicted molar refractivity (Wildman–Crippen MR) is 105 cm³/mol. The average Bonchev–Trinajstić information content (AvgIpc) is 2.58. The zero-order chi connectivity index (χ0) is 24.6. The molecule has 0 radical (unpaired) electrons. The molecular formula is C21H25F6N3O3. The maximum absolute atomic E-state index is 13.6. The van der Waals surface area contributed by atoms with E-state index in [-0.39, 0.29) is 23.4 Å². The van der Waals surface area contributed by atoms with Crippen LogP contribution in [0.1, 0.15) is 37.0 Å². The highest BCUT2D eigenvalue weighted by molar-refractivity contribution is 5.94. The fraction of sp³-hybridized carbons (Fsp3) is 0.619. The molecule has 1 heterocycles. The molecule has 1 saturated heterocycles. The third-order valence-electron chi connectivity index (χ3n) is 6.00. The Balaban J connectivity index is 1.39. The van der Waals surface area contributed by atoms with Gasteiger partial charge in [0.1, 0.15) is 17.1 Å². The van der Waals surface area contributed by atoms with E-state index >= 15 is 0 Å². The summed E-state index contributed by atoms with van der Waals surface area (Å²) >= 11 is 0. The molecule has 2 N–H and O–H groups in total. The molecule has 0 bridgehead atoms. The van der Waals surface area contributed by atoms with Crippen molar-refractivity contribution in [1.82, 2.24) is 15.5 Å². The van der Waals surface area contributed by atoms with Crippen LogP contribution in [0.3, 0.4) is 0 Å². The van der Waals surface area contributed by atoms with Crippen LogP contribution in [0.2, 0.25) is 0 Å². The summed E-state index contributed by atoms with van der Waals surface area (Å²) in [6.07, 6.45) is -3.02. The number of nitrogens with one attached hydrogen (secondary N) is 2. The summed E-state index contributed by atoms with van der Waals surface area (Å²) in [5.74, 6) is -2.48. The van der Waals surface area contributed by atoms with Crippen molar-refractivity contribution < 1.29 is 40.7 Å². The van der Waals surface area contributed by atoms with Crippen LogP contribution in [0.4, 0.5) is 26.3 Å². The summed E-state index contributed by atoms with van der Waals surface area (Å²) in [7, 11) is 0. The lowest BCUT2D eigenvalue weighted by atomic mass is 9.57. The minimum atomic E-state index is -4.55. The van der Waals surface area contributed by atoms with Gasteiger partial charge in [-0.3, -0.25) is 14.5 Å². The van der Waals surface area contributed by atoms with Gasteiger partial charge in [-0.25, -0.2) is 4.39 Å². The van der Waals surface area contributed by atoms with E-state index in [4.69, 9.17) is 0 Å². The Morgan fingerprint density at radius 2 is 1.82 bits per heavy atom. The van der Waals surface area contributed by atoms with Crippen molar-refractivity contribution in [2.75, 3.05) is 26.2 Å². The van der Waals surface area contributed by atoms with Gasteiger partial charge in [-0.05, 0) is 50.2 Å². The molecule has 33 heavy (non-hydrogen) atoms. The van der Waals surface area contributed by atoms with Gasteiger partial charge < -0.3 is 15.4 Å². The second-order valence-electron chi connectivity index (χ2n) is 9.35. The molecule has 184 valence electrons. The fourth-order valence-corrected chi connectivity index (χ4v) is 4.45. The highest BCUT2D eigenvalue weighted by atomic mass is 19.4. The summed E-state index contributed by atoms with van der Waals surface area (Å²) in [5, 5.41) is 4.65. The molecule has 6 nitrogen and oxygen atoms in total. The average molecular weight is 481 g/mol. The van der Waals surface area contributed by atoms with Gasteiger partial charge in [-0.2, -0.15) is 22.0 Å². The van der Waals surface area contributed by atoms with E-state index in [1.54, 1.807) is 4.90 Å². The second-order valence-corrected chi connectivity index (χ2v) is 9.35. The van der Waals surface area contributed by atoms with E-state index in [1.807, 2.05) is 5.32 Å². The number of halogens is 6. The largest absolute Gasteiger partial charge is 0.435 e. The number of amides is 2. The number of hydrogen-bond donors (Lipinski definition) is 2. The Morgan fingerprint density at radius 1 is 1.18 bits per heavy atom. The van der Waals surface area contributed by atoms with E-state index in [0.29, 0.717) is 19.6 Å². The van der Waals surface area contributed by atoms with Crippen LogP contribution >= 0.6 is 0 Å². The van der Waals surface area contributed by atoms with E-state index in [0.717, 1.165) is 44.9 Å². The normalized spacial score (nSPS) is 18.6. The van der Waals surface area contributed by atoms with Gasteiger partial charge in [0, 0.05) is 31.3 Å². The van der Waals surface area contributed by atoms with E-state index in [2.05, 4.69) is 10.1 Å². The Hall–Kier alpha value is -2.50. The molecule has 0 atom stereocenters. The first-order valence-corrected chi connectivity index (χ1v) is 10.3. The van der Waals surface area contributed by atoms with Crippen molar-refractivity contribution in [3.8, 4) is 5.75 Å². The third-order valence-corrected chi connectivity index (χ3v) is 6.00. The molecule has 2 aliphatic rings. The Labute approximate surface area is 186 Å². The smallest absolute Gasteiger partial charge is 0.410 e. The van der Waals surface area contributed by atoms with Crippen LogP contribution in [0.5, 0.6) is 5.75 Å². The summed E-state index contributed by atoms with van der Waals surface area (Å²) in [4.78, 5) is 25.9. The van der Waals surface area contributed by atoms with Crippen LogP contribution in [0.25, 0.3) is 0 Å². The molecule has 1 saturated carbocycles. The Morgan fingerprint density at radius 3 is 2.39 bits per heavy atom. The molecule has 12 heteroatoms. The first-order chi connectivity index (χ1) is 15.2. The predicted octanol–water partition coefficient (Wildman–Crippen LogP) is 3.33. The molecule has 1 aliphatic carbocycles. The van der Waals surface area contributed by atoms with E-state index < -0.39 is 41.7 Å². The fourth-order valence-electron chi connectivity index (χ4n) is 4.45. The Kier molecular flexibility index (Phi) is 6.88. The molecule has 0 unspecified atom stereocenters. The summed E-state index contributed by atoms with van der Waals surface area (Å²) in [6, 6.07) is 2.71. The number of likely N-dealkylation sites (tertiary alicyclic amines) is 1. The summed E-state index contributed by atoms with van der Waals surface area (Å²) < 4.78 is 80.9. The SMILES string of the molecule is CC(C)(NC(=O)CN1CC2(CC(CNC(=O)c3cc(F)cc(OC(F)F)c3)C2)C1)C(F)(F)F. The highest BCUT2D eigenvalue weighted by Crippen LogP contribution is 2.51. The quantitative estimate of drug-likeness (QED) is 0.559. The van der Waals surface area contributed by atoms with Crippen molar-refractivity contribution in [2.24, 2.45) is 11.3 Å². The molecule has 3 rings (SSSR count). The maximum atomic E-state index is 13.6. The molecule has 2 fully saturated rings. The van der Waals surface area contributed by atoms with Crippen LogP contribution in [0.15, 0.2) is 18.2 Å². The minimum Gasteiger partial charge on any atom is -0.435 e. The lowest BCUT2D eigenvalue weighted by Gasteiger charge is -2.59. The second kappa shape index (κ2) is 9.03. The lowest BCUT2D eigenvalue weighted by Crippen LogP contribution is -2.65. The molecule has 1 aromatic rings. The van der Waals surface area contributed by atoms with E-state index in [9.17, 15) is 35.9 Å². The number of nitrogens with zero attached hydrogens (tertiary/aromatic N) is 1. The van der Waals surface area contributed by atoms with Crippen LogP contribution in [0, 0.1) is 17.2 Å². The summed E-state index contributed by atoms with van der Waals surface area (Å²) in [6.45, 7) is 0.0184. The lowest BCUT2D eigenvalue weighted by molar-refractivity contribution is -0.189. The van der Waals surface area contributed by atoms with Gasteiger partial charge in [-0.1, -0.05) is 0 Å². The van der Waals surface area contributed by atoms with Crippen LogP contribution in [-0.2, 0) is 4.79 Å². The number of rotatable bonds is 8. The number of hydrogen-bond acceptors (Lipinski definition) is 4.